The standard InChI is InChI=1S/C15H26N2O2S/c1-3-4-5-9-17(2)10-11-20(18,19)15-8-6-7-14(12-15)13-16/h6-8,12H,3-5,9-11,13,16H2,1-2H3. The first-order chi connectivity index (χ1) is 9.49. The van der Waals surface area contributed by atoms with Gasteiger partial charge in [0.25, 0.3) is 0 Å². The van der Waals surface area contributed by atoms with Crippen LogP contribution in [0.1, 0.15) is 31.7 Å². The molecule has 0 aliphatic carbocycles. The monoisotopic (exact) mass is 298 g/mol. The lowest BCUT2D eigenvalue weighted by Gasteiger charge is -2.16. The van der Waals surface area contributed by atoms with Crippen LogP contribution in [0, 0.1) is 0 Å². The van der Waals surface area contributed by atoms with Crippen molar-refractivity contribution in [1.29, 1.82) is 0 Å². The first-order valence-corrected chi connectivity index (χ1v) is 8.85. The van der Waals surface area contributed by atoms with Crippen LogP contribution in [0.5, 0.6) is 0 Å². The highest BCUT2D eigenvalue weighted by atomic mass is 32.2. The molecule has 2 N–H and O–H groups in total. The second-order valence-electron chi connectivity index (χ2n) is 5.18. The highest BCUT2D eigenvalue weighted by Gasteiger charge is 2.15. The number of nitrogens with two attached hydrogens (primary N) is 1. The van der Waals surface area contributed by atoms with Crippen LogP contribution >= 0.6 is 0 Å². The molecule has 0 fully saturated rings. The summed E-state index contributed by atoms with van der Waals surface area (Å²) in [5.41, 5.74) is 6.40. The summed E-state index contributed by atoms with van der Waals surface area (Å²) in [6, 6.07) is 6.91. The predicted octanol–water partition coefficient (Wildman–Crippen LogP) is 2.04. The molecule has 5 heteroatoms. The Morgan fingerprint density at radius 3 is 2.60 bits per heavy atom. The highest BCUT2D eigenvalue weighted by molar-refractivity contribution is 7.91. The fourth-order valence-electron chi connectivity index (χ4n) is 2.00. The van der Waals surface area contributed by atoms with Gasteiger partial charge in [-0.15, -0.1) is 0 Å². The molecule has 114 valence electrons. The molecule has 0 aliphatic rings. The first-order valence-electron chi connectivity index (χ1n) is 7.20. The van der Waals surface area contributed by atoms with E-state index in [4.69, 9.17) is 5.73 Å². The van der Waals surface area contributed by atoms with Gasteiger partial charge in [-0.1, -0.05) is 31.9 Å². The van der Waals surface area contributed by atoms with Crippen molar-refractivity contribution in [1.82, 2.24) is 4.90 Å². The molecule has 0 unspecified atom stereocenters. The maximum absolute atomic E-state index is 12.3. The fourth-order valence-corrected chi connectivity index (χ4v) is 3.41. The lowest BCUT2D eigenvalue weighted by atomic mass is 10.2. The summed E-state index contributed by atoms with van der Waals surface area (Å²) in [6.07, 6.45) is 3.49. The summed E-state index contributed by atoms with van der Waals surface area (Å²) in [7, 11) is -1.24. The van der Waals surface area contributed by atoms with Gasteiger partial charge in [-0.3, -0.25) is 0 Å². The molecule has 0 heterocycles. The van der Waals surface area contributed by atoms with E-state index in [9.17, 15) is 8.42 Å². The van der Waals surface area contributed by atoms with Crippen LogP contribution in [0.2, 0.25) is 0 Å². The van der Waals surface area contributed by atoms with E-state index in [1.54, 1.807) is 18.2 Å². The van der Waals surface area contributed by atoms with Crippen LogP contribution < -0.4 is 5.73 Å². The summed E-state index contributed by atoms with van der Waals surface area (Å²) in [5, 5.41) is 0. The van der Waals surface area contributed by atoms with Gasteiger partial charge in [-0.05, 0) is 37.7 Å². The van der Waals surface area contributed by atoms with Crippen molar-refractivity contribution < 1.29 is 8.42 Å². The van der Waals surface area contributed by atoms with Crippen LogP contribution in [-0.4, -0.2) is 39.2 Å². The van der Waals surface area contributed by atoms with E-state index < -0.39 is 9.84 Å². The summed E-state index contributed by atoms with van der Waals surface area (Å²) < 4.78 is 24.5. The van der Waals surface area contributed by atoms with Crippen molar-refractivity contribution in [2.24, 2.45) is 5.73 Å². The van der Waals surface area contributed by atoms with E-state index in [0.717, 1.165) is 18.5 Å². The zero-order valence-corrected chi connectivity index (χ0v) is 13.3. The van der Waals surface area contributed by atoms with Crippen LogP contribution in [-0.2, 0) is 16.4 Å². The molecule has 1 rings (SSSR count). The summed E-state index contributed by atoms with van der Waals surface area (Å²) in [6.45, 7) is 4.04. The SMILES string of the molecule is CCCCCN(C)CCS(=O)(=O)c1cccc(CN)c1. The van der Waals surface area contributed by atoms with Crippen molar-refractivity contribution in [3.05, 3.63) is 29.8 Å². The second-order valence-corrected chi connectivity index (χ2v) is 7.29. The van der Waals surface area contributed by atoms with Crippen molar-refractivity contribution in [3.63, 3.8) is 0 Å². The van der Waals surface area contributed by atoms with Gasteiger partial charge >= 0.3 is 0 Å². The summed E-state index contributed by atoms with van der Waals surface area (Å²) >= 11 is 0. The number of hydrogen-bond acceptors (Lipinski definition) is 4. The third-order valence-electron chi connectivity index (χ3n) is 3.38. The van der Waals surface area contributed by atoms with E-state index in [0.29, 0.717) is 18.0 Å². The molecule has 4 nitrogen and oxygen atoms in total. The number of nitrogens with zero attached hydrogens (tertiary/aromatic N) is 1. The smallest absolute Gasteiger partial charge is 0.179 e. The molecule has 0 amide bonds. The zero-order valence-electron chi connectivity index (χ0n) is 12.5. The highest BCUT2D eigenvalue weighted by Crippen LogP contribution is 2.13. The molecule has 0 aliphatic heterocycles. The number of hydrogen-bond donors (Lipinski definition) is 1. The van der Waals surface area contributed by atoms with Crippen molar-refractivity contribution in [3.8, 4) is 0 Å². The quantitative estimate of drug-likeness (QED) is 0.709. The molecule has 0 atom stereocenters. The Balaban J connectivity index is 2.56. The van der Waals surface area contributed by atoms with Crippen LogP contribution in [0.4, 0.5) is 0 Å². The Morgan fingerprint density at radius 1 is 1.20 bits per heavy atom. The Labute approximate surface area is 122 Å². The molecular formula is C15H26N2O2S. The van der Waals surface area contributed by atoms with Crippen molar-refractivity contribution in [2.75, 3.05) is 25.9 Å². The average molecular weight is 298 g/mol. The molecule has 1 aromatic carbocycles. The van der Waals surface area contributed by atoms with Gasteiger partial charge in [0.1, 0.15) is 0 Å². The molecular weight excluding hydrogens is 272 g/mol. The topological polar surface area (TPSA) is 63.4 Å². The summed E-state index contributed by atoms with van der Waals surface area (Å²) in [5.74, 6) is 0.156. The van der Waals surface area contributed by atoms with Gasteiger partial charge in [0, 0.05) is 13.1 Å². The molecule has 0 radical (unpaired) electrons. The third-order valence-corrected chi connectivity index (χ3v) is 5.07. The van der Waals surface area contributed by atoms with Gasteiger partial charge in [0.05, 0.1) is 10.6 Å². The van der Waals surface area contributed by atoms with Crippen LogP contribution in [0.25, 0.3) is 0 Å². The summed E-state index contributed by atoms with van der Waals surface area (Å²) in [4.78, 5) is 2.46. The normalized spacial score (nSPS) is 12.0. The lowest BCUT2D eigenvalue weighted by molar-refractivity contribution is 0.343. The van der Waals surface area contributed by atoms with E-state index in [-0.39, 0.29) is 5.75 Å². The van der Waals surface area contributed by atoms with Gasteiger partial charge in [0.2, 0.25) is 0 Å². The molecule has 0 saturated heterocycles. The molecule has 0 aromatic heterocycles. The van der Waals surface area contributed by atoms with Gasteiger partial charge in [-0.2, -0.15) is 0 Å². The van der Waals surface area contributed by atoms with E-state index in [1.807, 2.05) is 13.1 Å². The van der Waals surface area contributed by atoms with Crippen molar-refractivity contribution in [2.45, 2.75) is 37.6 Å². The Bertz CT molecular complexity index is 500. The molecule has 0 bridgehead atoms. The van der Waals surface area contributed by atoms with Crippen LogP contribution in [0.15, 0.2) is 29.2 Å². The van der Waals surface area contributed by atoms with Gasteiger partial charge in [-0.25, -0.2) is 8.42 Å². The lowest BCUT2D eigenvalue weighted by Crippen LogP contribution is -2.26. The van der Waals surface area contributed by atoms with Gasteiger partial charge in [0.15, 0.2) is 9.84 Å². The minimum absolute atomic E-state index is 0.156. The van der Waals surface area contributed by atoms with E-state index >= 15 is 0 Å². The minimum atomic E-state index is -3.22. The average Bonchev–Trinajstić information content (AvgIpc) is 2.45. The maximum Gasteiger partial charge on any atom is 0.179 e. The van der Waals surface area contributed by atoms with E-state index in [2.05, 4.69) is 11.8 Å². The largest absolute Gasteiger partial charge is 0.326 e. The molecule has 20 heavy (non-hydrogen) atoms. The molecule has 0 spiro atoms. The van der Waals surface area contributed by atoms with Crippen molar-refractivity contribution >= 4 is 9.84 Å². The van der Waals surface area contributed by atoms with E-state index in [1.165, 1.54) is 12.8 Å². The first kappa shape index (κ1) is 17.1. The maximum atomic E-state index is 12.3. The Hall–Kier alpha value is -0.910. The van der Waals surface area contributed by atoms with Gasteiger partial charge < -0.3 is 10.6 Å². The second kappa shape index (κ2) is 8.39. The number of rotatable bonds is 9. The van der Waals surface area contributed by atoms with Crippen LogP contribution in [0.3, 0.4) is 0 Å². The zero-order chi connectivity index (χ0) is 15.0. The minimum Gasteiger partial charge on any atom is -0.326 e. The third kappa shape index (κ3) is 5.61. The molecule has 1 aromatic rings. The number of sulfone groups is 1. The molecule has 0 saturated carbocycles. The number of unbranched alkanes of at least 4 members (excludes halogenated alkanes) is 2. The fraction of sp³-hybridized carbons (Fsp3) is 0.600. The predicted molar refractivity (Wildman–Crippen MR) is 83.4 cm³/mol. The number of benzene rings is 1. The Kier molecular flexibility index (Phi) is 7.19. The Morgan fingerprint density at radius 2 is 1.95 bits per heavy atom.